The van der Waals surface area contributed by atoms with Crippen LogP contribution in [0.25, 0.3) is 21.5 Å². The Morgan fingerprint density at radius 1 is 0.885 bits per heavy atom. The summed E-state index contributed by atoms with van der Waals surface area (Å²) < 4.78 is 4.82. The molecule has 0 unspecified atom stereocenters. The molecule has 0 aromatic heterocycles. The van der Waals surface area contributed by atoms with Crippen LogP contribution < -0.4 is 10.3 Å². The summed E-state index contributed by atoms with van der Waals surface area (Å²) in [5.41, 5.74) is 1.08. The van der Waals surface area contributed by atoms with E-state index in [1.807, 2.05) is 48.5 Å². The number of ether oxygens (including phenoxy) is 1. The summed E-state index contributed by atoms with van der Waals surface area (Å²) in [7, 11) is 1.40. The lowest BCUT2D eigenvalue weighted by atomic mass is 10.1. The molecule has 5 nitrogen and oxygen atoms in total. The van der Waals surface area contributed by atoms with Crippen molar-refractivity contribution in [3.8, 4) is 0 Å². The summed E-state index contributed by atoms with van der Waals surface area (Å²) in [6.07, 6.45) is -0.291. The SMILES string of the molecule is COC(=O)N1CCN(c2cc3ccccc3c(=O)c3ccccc23)CC1. The zero-order chi connectivity index (χ0) is 18.1. The third-order valence-corrected chi connectivity index (χ3v) is 5.00. The standard InChI is InChI=1S/C21H20N2O3/c1-26-21(25)23-12-10-22(11-13-23)19-14-15-6-2-3-7-16(15)20(24)18-9-5-4-8-17(18)19/h2-9,14H,10-13H2,1H3. The molecular formula is C21H20N2O3. The van der Waals surface area contributed by atoms with Gasteiger partial charge in [0, 0.05) is 48.0 Å². The molecule has 3 aromatic carbocycles. The first-order valence-corrected chi connectivity index (χ1v) is 8.71. The van der Waals surface area contributed by atoms with Crippen molar-refractivity contribution in [2.24, 2.45) is 0 Å². The molecule has 0 saturated carbocycles. The van der Waals surface area contributed by atoms with Crippen molar-refractivity contribution in [3.05, 3.63) is 64.8 Å². The number of fused-ring (bicyclic) bond motifs is 2. The fourth-order valence-corrected chi connectivity index (χ4v) is 3.62. The molecule has 1 amide bonds. The van der Waals surface area contributed by atoms with E-state index in [1.54, 1.807) is 4.90 Å². The molecule has 1 aliphatic heterocycles. The number of methoxy groups -OCH3 is 1. The van der Waals surface area contributed by atoms with Crippen LogP contribution in [0.1, 0.15) is 0 Å². The van der Waals surface area contributed by atoms with Crippen molar-refractivity contribution in [1.82, 2.24) is 4.90 Å². The number of piperazine rings is 1. The Morgan fingerprint density at radius 3 is 2.19 bits per heavy atom. The van der Waals surface area contributed by atoms with Crippen LogP contribution in [0.2, 0.25) is 0 Å². The van der Waals surface area contributed by atoms with Gasteiger partial charge in [0.1, 0.15) is 0 Å². The number of hydrogen-bond donors (Lipinski definition) is 0. The Balaban J connectivity index is 1.86. The lowest BCUT2D eigenvalue weighted by Gasteiger charge is -2.35. The van der Waals surface area contributed by atoms with Crippen LogP contribution >= 0.6 is 0 Å². The average molecular weight is 348 g/mol. The number of hydrogen-bond acceptors (Lipinski definition) is 4. The van der Waals surface area contributed by atoms with Crippen molar-refractivity contribution < 1.29 is 9.53 Å². The Bertz CT molecular complexity index is 1040. The van der Waals surface area contributed by atoms with Gasteiger partial charge in [0.2, 0.25) is 0 Å². The van der Waals surface area contributed by atoms with Gasteiger partial charge in [0.05, 0.1) is 7.11 Å². The zero-order valence-corrected chi connectivity index (χ0v) is 14.6. The second kappa shape index (κ2) is 6.67. The van der Waals surface area contributed by atoms with Gasteiger partial charge >= 0.3 is 6.09 Å². The number of anilines is 1. The minimum atomic E-state index is -0.291. The number of amides is 1. The van der Waals surface area contributed by atoms with Gasteiger partial charge in [-0.15, -0.1) is 0 Å². The van der Waals surface area contributed by atoms with E-state index in [1.165, 1.54) is 7.11 Å². The number of carbonyl (C=O) groups excluding carboxylic acids is 1. The van der Waals surface area contributed by atoms with Gasteiger partial charge < -0.3 is 14.5 Å². The van der Waals surface area contributed by atoms with Crippen LogP contribution in [-0.2, 0) is 4.74 Å². The predicted octanol–water partition coefficient (Wildman–Crippen LogP) is 3.24. The third-order valence-electron chi connectivity index (χ3n) is 5.00. The number of carbonyl (C=O) groups is 1. The van der Waals surface area contributed by atoms with Gasteiger partial charge in [-0.05, 0) is 11.5 Å². The first kappa shape index (κ1) is 16.4. The molecule has 1 saturated heterocycles. The molecule has 0 radical (unpaired) electrons. The Kier molecular flexibility index (Phi) is 4.21. The molecule has 3 aromatic rings. The van der Waals surface area contributed by atoms with Gasteiger partial charge in [-0.1, -0.05) is 48.5 Å². The first-order chi connectivity index (χ1) is 12.7. The second-order valence-corrected chi connectivity index (χ2v) is 6.44. The molecule has 4 rings (SSSR count). The van der Waals surface area contributed by atoms with Crippen LogP contribution in [0.3, 0.4) is 0 Å². The summed E-state index contributed by atoms with van der Waals surface area (Å²) in [4.78, 5) is 28.7. The van der Waals surface area contributed by atoms with Crippen molar-refractivity contribution in [2.75, 3.05) is 38.2 Å². The second-order valence-electron chi connectivity index (χ2n) is 6.44. The van der Waals surface area contributed by atoms with Gasteiger partial charge in [-0.3, -0.25) is 4.79 Å². The average Bonchev–Trinajstić information content (AvgIpc) is 2.83. The molecule has 0 spiro atoms. The van der Waals surface area contributed by atoms with Crippen LogP contribution in [0.4, 0.5) is 10.5 Å². The minimum absolute atomic E-state index is 0.0515. The Hall–Kier alpha value is -3.08. The molecule has 1 aliphatic rings. The Morgan fingerprint density at radius 2 is 1.50 bits per heavy atom. The lowest BCUT2D eigenvalue weighted by molar-refractivity contribution is 0.121. The van der Waals surface area contributed by atoms with Crippen molar-refractivity contribution in [2.45, 2.75) is 0 Å². The van der Waals surface area contributed by atoms with E-state index < -0.39 is 0 Å². The number of rotatable bonds is 1. The van der Waals surface area contributed by atoms with Crippen molar-refractivity contribution in [1.29, 1.82) is 0 Å². The summed E-state index contributed by atoms with van der Waals surface area (Å²) in [6, 6.07) is 17.5. The molecular weight excluding hydrogens is 328 g/mol. The molecule has 26 heavy (non-hydrogen) atoms. The van der Waals surface area contributed by atoms with Crippen LogP contribution in [0.5, 0.6) is 0 Å². The Labute approximate surface area is 151 Å². The maximum absolute atomic E-state index is 13.0. The molecule has 132 valence electrons. The molecule has 5 heteroatoms. The van der Waals surface area contributed by atoms with Gasteiger partial charge in [-0.25, -0.2) is 4.79 Å². The van der Waals surface area contributed by atoms with E-state index in [2.05, 4.69) is 11.0 Å². The minimum Gasteiger partial charge on any atom is -0.453 e. The van der Waals surface area contributed by atoms with E-state index in [0.29, 0.717) is 26.2 Å². The molecule has 0 aliphatic carbocycles. The summed E-state index contributed by atoms with van der Waals surface area (Å²) in [6.45, 7) is 2.60. The highest BCUT2D eigenvalue weighted by Gasteiger charge is 2.23. The van der Waals surface area contributed by atoms with Crippen LogP contribution in [-0.4, -0.2) is 44.3 Å². The van der Waals surface area contributed by atoms with Crippen molar-refractivity contribution in [3.63, 3.8) is 0 Å². The largest absolute Gasteiger partial charge is 0.453 e. The third kappa shape index (κ3) is 2.75. The summed E-state index contributed by atoms with van der Waals surface area (Å²) in [5.74, 6) is 0. The van der Waals surface area contributed by atoms with Gasteiger partial charge in [0.25, 0.3) is 0 Å². The van der Waals surface area contributed by atoms with E-state index in [4.69, 9.17) is 4.74 Å². The smallest absolute Gasteiger partial charge is 0.409 e. The van der Waals surface area contributed by atoms with E-state index in [9.17, 15) is 9.59 Å². The molecule has 0 atom stereocenters. The van der Waals surface area contributed by atoms with Gasteiger partial charge in [0.15, 0.2) is 5.43 Å². The number of nitrogens with zero attached hydrogens (tertiary/aromatic N) is 2. The quantitative estimate of drug-likeness (QED) is 0.677. The lowest BCUT2D eigenvalue weighted by Crippen LogP contribution is -2.48. The van der Waals surface area contributed by atoms with E-state index >= 15 is 0 Å². The maximum Gasteiger partial charge on any atom is 0.409 e. The van der Waals surface area contributed by atoms with Gasteiger partial charge in [-0.2, -0.15) is 0 Å². The highest BCUT2D eigenvalue weighted by molar-refractivity contribution is 6.01. The first-order valence-electron chi connectivity index (χ1n) is 8.71. The highest BCUT2D eigenvalue weighted by Crippen LogP contribution is 2.28. The normalized spacial score (nSPS) is 14.7. The maximum atomic E-state index is 13.0. The van der Waals surface area contributed by atoms with E-state index in [-0.39, 0.29) is 11.5 Å². The fraction of sp³-hybridized carbons (Fsp3) is 0.238. The fourth-order valence-electron chi connectivity index (χ4n) is 3.62. The highest BCUT2D eigenvalue weighted by atomic mass is 16.5. The zero-order valence-electron chi connectivity index (χ0n) is 14.6. The summed E-state index contributed by atoms with van der Waals surface area (Å²) >= 11 is 0. The molecule has 1 fully saturated rings. The molecule has 0 bridgehead atoms. The molecule has 0 N–H and O–H groups in total. The summed E-state index contributed by atoms with van der Waals surface area (Å²) in [5, 5.41) is 3.32. The number of benzene rings is 2. The van der Waals surface area contributed by atoms with Crippen LogP contribution in [0, 0.1) is 0 Å². The van der Waals surface area contributed by atoms with E-state index in [0.717, 1.165) is 27.2 Å². The predicted molar refractivity (Wildman–Crippen MR) is 104 cm³/mol. The molecule has 1 heterocycles. The van der Waals surface area contributed by atoms with Crippen LogP contribution in [0.15, 0.2) is 59.4 Å². The van der Waals surface area contributed by atoms with Crippen molar-refractivity contribution >= 4 is 33.3 Å². The topological polar surface area (TPSA) is 49.9 Å². The monoisotopic (exact) mass is 348 g/mol.